The molecule has 1 aliphatic rings. The van der Waals surface area contributed by atoms with E-state index in [2.05, 4.69) is 28.2 Å². The molecule has 1 fully saturated rings. The highest BCUT2D eigenvalue weighted by Crippen LogP contribution is 2.16. The highest BCUT2D eigenvalue weighted by Gasteiger charge is 2.14. The van der Waals surface area contributed by atoms with Gasteiger partial charge >= 0.3 is 0 Å². The highest BCUT2D eigenvalue weighted by molar-refractivity contribution is 6.04. The summed E-state index contributed by atoms with van der Waals surface area (Å²) >= 11 is 0. The Morgan fingerprint density at radius 3 is 2.33 bits per heavy atom. The van der Waals surface area contributed by atoms with E-state index < -0.39 is 0 Å². The Bertz CT molecular complexity index is 722. The fourth-order valence-electron chi connectivity index (χ4n) is 2.89. The summed E-state index contributed by atoms with van der Waals surface area (Å²) < 4.78 is 0. The molecular formula is C19H27Cl3N4O. The van der Waals surface area contributed by atoms with Crippen LogP contribution in [0.4, 0.5) is 11.4 Å². The number of amides is 1. The van der Waals surface area contributed by atoms with Gasteiger partial charge in [-0.1, -0.05) is 18.2 Å². The molecule has 0 bridgehead atoms. The van der Waals surface area contributed by atoms with Gasteiger partial charge in [-0.15, -0.1) is 37.2 Å². The number of nitrogens with one attached hydrogen (secondary N) is 1. The van der Waals surface area contributed by atoms with Crippen molar-refractivity contribution < 1.29 is 4.79 Å². The molecule has 0 spiro atoms. The third-order valence-corrected chi connectivity index (χ3v) is 4.34. The molecule has 5 nitrogen and oxygen atoms in total. The van der Waals surface area contributed by atoms with Crippen LogP contribution in [0.25, 0.3) is 0 Å². The summed E-state index contributed by atoms with van der Waals surface area (Å²) in [5.41, 5.74) is 8.92. The van der Waals surface area contributed by atoms with Gasteiger partial charge in [-0.3, -0.25) is 9.69 Å². The smallest absolute Gasteiger partial charge is 0.255 e. The molecule has 150 valence electrons. The van der Waals surface area contributed by atoms with E-state index in [1.807, 2.05) is 18.2 Å². The lowest BCUT2D eigenvalue weighted by atomic mass is 10.1. The van der Waals surface area contributed by atoms with Crippen molar-refractivity contribution in [1.29, 1.82) is 0 Å². The normalized spacial score (nSPS) is 14.3. The molecule has 2 aromatic rings. The summed E-state index contributed by atoms with van der Waals surface area (Å²) in [6.45, 7) is 5.28. The number of likely N-dealkylation sites (N-methyl/N-ethyl adjacent to an activating group) is 1. The van der Waals surface area contributed by atoms with Crippen LogP contribution in [0.15, 0.2) is 48.5 Å². The van der Waals surface area contributed by atoms with E-state index in [4.69, 9.17) is 5.73 Å². The second-order valence-electron chi connectivity index (χ2n) is 6.36. The lowest BCUT2D eigenvalue weighted by Gasteiger charge is -2.32. The average molecular weight is 434 g/mol. The molecule has 1 amide bonds. The van der Waals surface area contributed by atoms with Crippen molar-refractivity contribution in [2.45, 2.75) is 6.54 Å². The first-order valence-corrected chi connectivity index (χ1v) is 8.27. The van der Waals surface area contributed by atoms with E-state index in [1.165, 1.54) is 5.56 Å². The number of anilines is 2. The Balaban J connectivity index is 0.00000225. The molecule has 0 radical (unpaired) electrons. The van der Waals surface area contributed by atoms with Crippen LogP contribution >= 0.6 is 37.2 Å². The first-order valence-electron chi connectivity index (χ1n) is 8.27. The van der Waals surface area contributed by atoms with Gasteiger partial charge in [0.1, 0.15) is 0 Å². The third-order valence-electron chi connectivity index (χ3n) is 4.34. The molecule has 8 heteroatoms. The number of hydrogen-bond donors (Lipinski definition) is 2. The van der Waals surface area contributed by atoms with E-state index in [0.29, 0.717) is 11.3 Å². The Kier molecular flexibility index (Phi) is 11.4. The second-order valence-corrected chi connectivity index (χ2v) is 6.36. The van der Waals surface area contributed by atoms with Gasteiger partial charge in [0.05, 0.1) is 0 Å². The fraction of sp³-hybridized carbons (Fsp3) is 0.316. The van der Waals surface area contributed by atoms with Crippen molar-refractivity contribution in [3.05, 3.63) is 59.7 Å². The van der Waals surface area contributed by atoms with Crippen molar-refractivity contribution in [2.75, 3.05) is 44.3 Å². The summed E-state index contributed by atoms with van der Waals surface area (Å²) in [7, 11) is 2.16. The zero-order chi connectivity index (χ0) is 16.9. The average Bonchev–Trinajstić information content (AvgIpc) is 2.57. The molecule has 3 rings (SSSR count). The topological polar surface area (TPSA) is 61.6 Å². The van der Waals surface area contributed by atoms with Crippen LogP contribution in [0, 0.1) is 0 Å². The molecule has 0 atom stereocenters. The summed E-state index contributed by atoms with van der Waals surface area (Å²) in [6.07, 6.45) is 0. The predicted molar refractivity (Wildman–Crippen MR) is 120 cm³/mol. The molecule has 2 aromatic carbocycles. The van der Waals surface area contributed by atoms with Crippen molar-refractivity contribution in [3.8, 4) is 0 Å². The van der Waals surface area contributed by atoms with Crippen molar-refractivity contribution >= 4 is 54.5 Å². The fourth-order valence-corrected chi connectivity index (χ4v) is 2.89. The van der Waals surface area contributed by atoms with Crippen LogP contribution in [-0.2, 0) is 6.54 Å². The predicted octanol–water partition coefficient (Wildman–Crippen LogP) is 3.53. The lowest BCUT2D eigenvalue weighted by molar-refractivity contribution is 0.102. The maximum Gasteiger partial charge on any atom is 0.255 e. The van der Waals surface area contributed by atoms with Gasteiger partial charge < -0.3 is 16.0 Å². The number of piperazine rings is 1. The van der Waals surface area contributed by atoms with Crippen molar-refractivity contribution in [1.82, 2.24) is 9.80 Å². The maximum absolute atomic E-state index is 12.3. The molecule has 27 heavy (non-hydrogen) atoms. The minimum Gasteiger partial charge on any atom is -0.399 e. The summed E-state index contributed by atoms with van der Waals surface area (Å²) in [5, 5.41) is 2.95. The maximum atomic E-state index is 12.3. The van der Waals surface area contributed by atoms with Crippen molar-refractivity contribution in [2.24, 2.45) is 0 Å². The van der Waals surface area contributed by atoms with E-state index in [9.17, 15) is 4.79 Å². The Morgan fingerprint density at radius 2 is 1.67 bits per heavy atom. The van der Waals surface area contributed by atoms with Crippen LogP contribution in [0.5, 0.6) is 0 Å². The number of carbonyl (C=O) groups excluding carboxylic acids is 1. The Morgan fingerprint density at radius 1 is 1.00 bits per heavy atom. The number of nitrogen functional groups attached to an aromatic ring is 1. The van der Waals surface area contributed by atoms with E-state index in [-0.39, 0.29) is 43.1 Å². The summed E-state index contributed by atoms with van der Waals surface area (Å²) in [5.74, 6) is -0.140. The zero-order valence-electron chi connectivity index (χ0n) is 15.3. The standard InChI is InChI=1S/C19H24N4O.3ClH/c1-22-8-10-23(11-9-22)14-15-4-2-7-18(12-15)21-19(24)16-5-3-6-17(20)13-16;;;/h2-7,12-13H,8-11,14,20H2,1H3,(H,21,24);3*1H. The number of nitrogens with zero attached hydrogens (tertiary/aromatic N) is 2. The molecule has 0 unspecified atom stereocenters. The third kappa shape index (κ3) is 7.56. The molecule has 1 aliphatic heterocycles. The number of halogens is 3. The monoisotopic (exact) mass is 432 g/mol. The van der Waals surface area contributed by atoms with Gasteiger partial charge in [0, 0.05) is 49.7 Å². The van der Waals surface area contributed by atoms with Gasteiger partial charge in [-0.2, -0.15) is 0 Å². The second kappa shape index (κ2) is 12.1. The number of benzene rings is 2. The van der Waals surface area contributed by atoms with Crippen LogP contribution in [0.2, 0.25) is 0 Å². The zero-order valence-corrected chi connectivity index (χ0v) is 17.7. The minimum atomic E-state index is -0.140. The van der Waals surface area contributed by atoms with Crippen LogP contribution in [-0.4, -0.2) is 48.9 Å². The molecule has 3 N–H and O–H groups in total. The molecule has 0 saturated carbocycles. The van der Waals surface area contributed by atoms with E-state index in [0.717, 1.165) is 38.4 Å². The van der Waals surface area contributed by atoms with E-state index in [1.54, 1.807) is 24.3 Å². The summed E-state index contributed by atoms with van der Waals surface area (Å²) in [6, 6.07) is 15.1. The molecular weight excluding hydrogens is 407 g/mol. The van der Waals surface area contributed by atoms with Gasteiger partial charge in [0.15, 0.2) is 0 Å². The summed E-state index contributed by atoms with van der Waals surface area (Å²) in [4.78, 5) is 17.1. The van der Waals surface area contributed by atoms with Gasteiger partial charge in [-0.25, -0.2) is 0 Å². The minimum absolute atomic E-state index is 0. The van der Waals surface area contributed by atoms with Crippen LogP contribution in [0.3, 0.4) is 0 Å². The van der Waals surface area contributed by atoms with Gasteiger partial charge in [0.25, 0.3) is 5.91 Å². The van der Waals surface area contributed by atoms with E-state index >= 15 is 0 Å². The number of carbonyl (C=O) groups is 1. The van der Waals surface area contributed by atoms with Crippen molar-refractivity contribution in [3.63, 3.8) is 0 Å². The van der Waals surface area contributed by atoms with Crippen LogP contribution in [0.1, 0.15) is 15.9 Å². The number of rotatable bonds is 4. The first-order chi connectivity index (χ1) is 11.6. The molecule has 0 aliphatic carbocycles. The SMILES string of the molecule is CN1CCN(Cc2cccc(NC(=O)c3cccc(N)c3)c2)CC1.Cl.Cl.Cl. The van der Waals surface area contributed by atoms with Gasteiger partial charge in [-0.05, 0) is 42.9 Å². The largest absolute Gasteiger partial charge is 0.399 e. The Labute approximate surface area is 179 Å². The molecule has 1 saturated heterocycles. The number of nitrogens with two attached hydrogens (primary N) is 1. The quantitative estimate of drug-likeness (QED) is 0.724. The highest BCUT2D eigenvalue weighted by atomic mass is 35.5. The van der Waals surface area contributed by atoms with Gasteiger partial charge in [0.2, 0.25) is 0 Å². The molecule has 0 aromatic heterocycles. The Hall–Kier alpha value is -1.50. The lowest BCUT2D eigenvalue weighted by Crippen LogP contribution is -2.43. The first kappa shape index (κ1) is 25.5. The molecule has 1 heterocycles. The number of hydrogen-bond acceptors (Lipinski definition) is 4. The van der Waals surface area contributed by atoms with Crippen LogP contribution < -0.4 is 11.1 Å².